The molecule has 0 aliphatic heterocycles. The molecule has 5 heteroatoms. The predicted octanol–water partition coefficient (Wildman–Crippen LogP) is 6.60. The highest BCUT2D eigenvalue weighted by atomic mass is 19.4. The zero-order valence-corrected chi connectivity index (χ0v) is 15.7. The lowest BCUT2D eigenvalue weighted by atomic mass is 9.98. The largest absolute Gasteiger partial charge is 0.491 e. The lowest BCUT2D eigenvalue weighted by Gasteiger charge is -2.13. The van der Waals surface area contributed by atoms with Crippen LogP contribution in [0.3, 0.4) is 0 Å². The molecule has 0 atom stereocenters. The maximum absolute atomic E-state index is 13.1. The lowest BCUT2D eigenvalue weighted by molar-refractivity contribution is -0.137. The van der Waals surface area contributed by atoms with Crippen LogP contribution in [0.4, 0.5) is 13.2 Å². The van der Waals surface area contributed by atoms with E-state index in [1.807, 2.05) is 24.3 Å². The van der Waals surface area contributed by atoms with Gasteiger partial charge < -0.3 is 9.47 Å². The van der Waals surface area contributed by atoms with Gasteiger partial charge in [0.25, 0.3) is 0 Å². The third-order valence-corrected chi connectivity index (χ3v) is 4.03. The van der Waals surface area contributed by atoms with Crippen LogP contribution in [-0.2, 0) is 10.9 Å². The molecule has 0 saturated carbocycles. The van der Waals surface area contributed by atoms with Gasteiger partial charge in [-0.05, 0) is 54.3 Å². The van der Waals surface area contributed by atoms with Crippen molar-refractivity contribution in [1.29, 1.82) is 0 Å². The van der Waals surface area contributed by atoms with E-state index in [0.29, 0.717) is 19.0 Å². The van der Waals surface area contributed by atoms with Crippen molar-refractivity contribution in [2.24, 2.45) is 0 Å². The summed E-state index contributed by atoms with van der Waals surface area (Å²) in [5.41, 5.74) is 1.09. The Hall–Kier alpha value is -2.27. The summed E-state index contributed by atoms with van der Waals surface area (Å²) in [5, 5.41) is 0. The molecule has 0 unspecified atom stereocenters. The van der Waals surface area contributed by atoms with Crippen LogP contribution in [0.5, 0.6) is 5.75 Å². The Morgan fingerprint density at radius 2 is 1.63 bits per heavy atom. The van der Waals surface area contributed by atoms with Crippen LogP contribution in [0, 0.1) is 0 Å². The van der Waals surface area contributed by atoms with Gasteiger partial charge in [0.15, 0.2) is 0 Å². The van der Waals surface area contributed by atoms with E-state index in [1.54, 1.807) is 19.1 Å². The summed E-state index contributed by atoms with van der Waals surface area (Å²) >= 11 is 0. The molecule has 0 fully saturated rings. The van der Waals surface area contributed by atoms with Gasteiger partial charge in [0.2, 0.25) is 0 Å². The number of unbranched alkanes of at least 4 members (excludes halogenated alkanes) is 1. The zero-order valence-electron chi connectivity index (χ0n) is 15.7. The molecule has 0 amide bonds. The van der Waals surface area contributed by atoms with Crippen molar-refractivity contribution in [3.8, 4) is 16.9 Å². The van der Waals surface area contributed by atoms with Gasteiger partial charge in [0, 0.05) is 6.61 Å². The van der Waals surface area contributed by atoms with Crippen molar-refractivity contribution in [3.05, 3.63) is 59.7 Å². The topological polar surface area (TPSA) is 18.5 Å². The third kappa shape index (κ3) is 6.43. The van der Waals surface area contributed by atoms with Gasteiger partial charge in [-0.2, -0.15) is 13.2 Å². The number of ether oxygens (including phenoxy) is 2. The molecule has 0 heterocycles. The molecule has 0 saturated heterocycles. The summed E-state index contributed by atoms with van der Waals surface area (Å²) in [6, 6.07) is 11.5. The van der Waals surface area contributed by atoms with Crippen LogP contribution in [0.1, 0.15) is 37.8 Å². The number of halogens is 3. The number of alkyl halides is 3. The maximum atomic E-state index is 13.1. The Bertz CT molecular complexity index is 734. The predicted molar refractivity (Wildman–Crippen MR) is 103 cm³/mol. The number of rotatable bonds is 9. The third-order valence-electron chi connectivity index (χ3n) is 4.03. The fourth-order valence-corrected chi connectivity index (χ4v) is 2.63. The smallest absolute Gasteiger partial charge is 0.416 e. The standard InChI is InChI=1S/C22H25F3O2/c1-3-5-13-26-14-15-27-20-10-7-17(8-11-20)18-9-12-21(22(23,24)25)19(16-18)6-4-2/h4,6-12,16H,3,5,13-15H2,1-2H3/b6-4+. The first-order chi connectivity index (χ1) is 13.0. The summed E-state index contributed by atoms with van der Waals surface area (Å²) in [5.74, 6) is 0.707. The fraction of sp³-hybridized carbons (Fsp3) is 0.364. The van der Waals surface area contributed by atoms with Crippen LogP contribution in [0.15, 0.2) is 48.5 Å². The molecule has 27 heavy (non-hydrogen) atoms. The first-order valence-corrected chi connectivity index (χ1v) is 9.10. The maximum Gasteiger partial charge on any atom is 0.416 e. The van der Waals surface area contributed by atoms with E-state index >= 15 is 0 Å². The molecule has 0 N–H and O–H groups in total. The molecule has 0 bridgehead atoms. The zero-order chi connectivity index (χ0) is 19.7. The van der Waals surface area contributed by atoms with Crippen molar-refractivity contribution in [1.82, 2.24) is 0 Å². The van der Waals surface area contributed by atoms with Gasteiger partial charge in [0.1, 0.15) is 12.4 Å². The quantitative estimate of drug-likeness (QED) is 0.458. The molecular weight excluding hydrogens is 353 g/mol. The molecule has 2 aromatic rings. The van der Waals surface area contributed by atoms with Crippen molar-refractivity contribution in [3.63, 3.8) is 0 Å². The van der Waals surface area contributed by atoms with Gasteiger partial charge in [-0.25, -0.2) is 0 Å². The molecular formula is C22H25F3O2. The number of hydrogen-bond acceptors (Lipinski definition) is 2. The molecule has 0 aliphatic rings. The first kappa shape index (κ1) is 21.0. The van der Waals surface area contributed by atoms with Gasteiger partial charge >= 0.3 is 6.18 Å². The van der Waals surface area contributed by atoms with E-state index in [4.69, 9.17) is 9.47 Å². The summed E-state index contributed by atoms with van der Waals surface area (Å²) in [6.07, 6.45) is 0.847. The van der Waals surface area contributed by atoms with Gasteiger partial charge in [-0.3, -0.25) is 0 Å². The number of benzene rings is 2. The number of hydrogen-bond donors (Lipinski definition) is 0. The lowest BCUT2D eigenvalue weighted by Crippen LogP contribution is -2.07. The SMILES string of the molecule is C/C=C/c1cc(-c2ccc(OCCOCCCC)cc2)ccc1C(F)(F)F. The summed E-state index contributed by atoms with van der Waals surface area (Å²) < 4.78 is 50.4. The molecule has 2 aromatic carbocycles. The normalized spacial score (nSPS) is 11.9. The average molecular weight is 378 g/mol. The van der Waals surface area contributed by atoms with Gasteiger partial charge in [-0.1, -0.05) is 43.7 Å². The van der Waals surface area contributed by atoms with Crippen LogP contribution in [0.25, 0.3) is 17.2 Å². The van der Waals surface area contributed by atoms with Crippen LogP contribution in [-0.4, -0.2) is 19.8 Å². The Morgan fingerprint density at radius 3 is 2.26 bits per heavy atom. The van der Waals surface area contributed by atoms with E-state index in [-0.39, 0.29) is 5.56 Å². The second-order valence-corrected chi connectivity index (χ2v) is 6.14. The second-order valence-electron chi connectivity index (χ2n) is 6.14. The van der Waals surface area contributed by atoms with Crippen molar-refractivity contribution >= 4 is 6.08 Å². The van der Waals surface area contributed by atoms with Crippen LogP contribution in [0.2, 0.25) is 0 Å². The van der Waals surface area contributed by atoms with E-state index in [0.717, 1.165) is 36.6 Å². The highest BCUT2D eigenvalue weighted by Gasteiger charge is 2.32. The Morgan fingerprint density at radius 1 is 0.926 bits per heavy atom. The van der Waals surface area contributed by atoms with Crippen molar-refractivity contribution in [2.45, 2.75) is 32.9 Å². The second kappa shape index (κ2) is 10.2. The summed E-state index contributed by atoms with van der Waals surface area (Å²) in [7, 11) is 0. The Balaban J connectivity index is 2.05. The minimum absolute atomic E-state index is 0.159. The molecule has 0 aliphatic carbocycles. The molecule has 0 aromatic heterocycles. The number of allylic oxidation sites excluding steroid dienone is 1. The fourth-order valence-electron chi connectivity index (χ4n) is 2.63. The molecule has 2 nitrogen and oxygen atoms in total. The van der Waals surface area contributed by atoms with Gasteiger partial charge in [-0.15, -0.1) is 0 Å². The van der Waals surface area contributed by atoms with Crippen LogP contribution >= 0.6 is 0 Å². The van der Waals surface area contributed by atoms with Crippen molar-refractivity contribution in [2.75, 3.05) is 19.8 Å². The van der Waals surface area contributed by atoms with E-state index in [2.05, 4.69) is 6.92 Å². The Kier molecular flexibility index (Phi) is 7.92. The molecule has 0 radical (unpaired) electrons. The summed E-state index contributed by atoms with van der Waals surface area (Å²) in [6.45, 7) is 5.55. The Labute approximate surface area is 158 Å². The monoisotopic (exact) mass is 378 g/mol. The minimum atomic E-state index is -4.37. The van der Waals surface area contributed by atoms with E-state index in [9.17, 15) is 13.2 Å². The minimum Gasteiger partial charge on any atom is -0.491 e. The molecule has 146 valence electrons. The van der Waals surface area contributed by atoms with Crippen LogP contribution < -0.4 is 4.74 Å². The average Bonchev–Trinajstić information content (AvgIpc) is 2.64. The van der Waals surface area contributed by atoms with Gasteiger partial charge in [0.05, 0.1) is 12.2 Å². The highest BCUT2D eigenvalue weighted by Crippen LogP contribution is 2.35. The van der Waals surface area contributed by atoms with Crippen molar-refractivity contribution < 1.29 is 22.6 Å². The van der Waals surface area contributed by atoms with E-state index in [1.165, 1.54) is 12.1 Å². The molecule has 0 spiro atoms. The first-order valence-electron chi connectivity index (χ1n) is 9.10. The summed E-state index contributed by atoms with van der Waals surface area (Å²) in [4.78, 5) is 0. The van der Waals surface area contributed by atoms with E-state index < -0.39 is 11.7 Å². The molecule has 2 rings (SSSR count). The highest BCUT2D eigenvalue weighted by molar-refractivity contribution is 5.69.